The zero-order valence-corrected chi connectivity index (χ0v) is 14.6. The topological polar surface area (TPSA) is 75.6 Å². The van der Waals surface area contributed by atoms with Gasteiger partial charge in [0.2, 0.25) is 0 Å². The normalized spacial score (nSPS) is 12.7. The van der Waals surface area contributed by atoms with Crippen LogP contribution in [0.4, 0.5) is 4.79 Å². The standard InChI is InChI=1S/C17H33NO4/c1-5-6-7-8-9-10-11-12-13-14(15(19)20)18-16(21)22-17(2,3)4/h14H,5-13H2,1-4H3,(H,18,21)(H,19,20)/t14-/m0/s1. The molecule has 1 amide bonds. The molecular weight excluding hydrogens is 282 g/mol. The highest BCUT2D eigenvalue weighted by Crippen LogP contribution is 2.12. The first-order chi connectivity index (χ1) is 10.3. The van der Waals surface area contributed by atoms with Crippen LogP contribution >= 0.6 is 0 Å². The molecular formula is C17H33NO4. The minimum atomic E-state index is -1.01. The van der Waals surface area contributed by atoms with Crippen molar-refractivity contribution in [3.63, 3.8) is 0 Å². The fourth-order valence-electron chi connectivity index (χ4n) is 2.19. The Hall–Kier alpha value is -1.26. The first-order valence-electron chi connectivity index (χ1n) is 8.48. The summed E-state index contributed by atoms with van der Waals surface area (Å²) < 4.78 is 5.09. The van der Waals surface area contributed by atoms with E-state index in [4.69, 9.17) is 9.84 Å². The van der Waals surface area contributed by atoms with Gasteiger partial charge in [-0.25, -0.2) is 9.59 Å². The predicted molar refractivity (Wildman–Crippen MR) is 88.0 cm³/mol. The maximum absolute atomic E-state index is 11.6. The van der Waals surface area contributed by atoms with E-state index in [-0.39, 0.29) is 0 Å². The van der Waals surface area contributed by atoms with Crippen LogP contribution in [0.5, 0.6) is 0 Å². The molecule has 0 spiro atoms. The molecule has 0 aliphatic carbocycles. The van der Waals surface area contributed by atoms with Gasteiger partial charge in [-0.2, -0.15) is 0 Å². The first kappa shape index (κ1) is 20.7. The number of aliphatic carboxylic acids is 1. The van der Waals surface area contributed by atoms with Crippen molar-refractivity contribution in [2.75, 3.05) is 0 Å². The lowest BCUT2D eigenvalue weighted by atomic mass is 10.0. The molecule has 130 valence electrons. The summed E-state index contributed by atoms with van der Waals surface area (Å²) in [5, 5.41) is 11.6. The van der Waals surface area contributed by atoms with E-state index < -0.39 is 23.7 Å². The van der Waals surface area contributed by atoms with Gasteiger partial charge in [0.25, 0.3) is 0 Å². The van der Waals surface area contributed by atoms with E-state index in [9.17, 15) is 9.59 Å². The highest BCUT2D eigenvalue weighted by molar-refractivity contribution is 5.79. The molecule has 0 heterocycles. The average molecular weight is 315 g/mol. The van der Waals surface area contributed by atoms with Gasteiger partial charge in [0, 0.05) is 0 Å². The Balaban J connectivity index is 3.87. The van der Waals surface area contributed by atoms with Gasteiger partial charge in [-0.1, -0.05) is 58.3 Å². The van der Waals surface area contributed by atoms with Crippen molar-refractivity contribution < 1.29 is 19.4 Å². The third kappa shape index (κ3) is 12.5. The molecule has 0 fully saturated rings. The molecule has 0 radical (unpaired) electrons. The molecule has 0 saturated carbocycles. The van der Waals surface area contributed by atoms with E-state index >= 15 is 0 Å². The summed E-state index contributed by atoms with van der Waals surface area (Å²) in [5.74, 6) is -1.01. The minimum absolute atomic E-state index is 0.448. The number of nitrogens with one attached hydrogen (secondary N) is 1. The van der Waals surface area contributed by atoms with Crippen LogP contribution in [0.1, 0.15) is 85.5 Å². The van der Waals surface area contributed by atoms with E-state index in [1.807, 2.05) is 0 Å². The van der Waals surface area contributed by atoms with Crippen molar-refractivity contribution in [2.24, 2.45) is 0 Å². The maximum Gasteiger partial charge on any atom is 0.408 e. The summed E-state index contributed by atoms with van der Waals surface area (Å²) in [5.41, 5.74) is -0.619. The summed E-state index contributed by atoms with van der Waals surface area (Å²) in [6.07, 6.45) is 9.01. The Kier molecular flexibility index (Phi) is 10.7. The third-order valence-electron chi connectivity index (χ3n) is 3.34. The molecule has 2 N–H and O–H groups in total. The number of carbonyl (C=O) groups excluding carboxylic acids is 1. The lowest BCUT2D eigenvalue weighted by molar-refractivity contribution is -0.139. The van der Waals surface area contributed by atoms with Gasteiger partial charge >= 0.3 is 12.1 Å². The second-order valence-electron chi connectivity index (χ2n) is 6.80. The molecule has 5 heteroatoms. The van der Waals surface area contributed by atoms with E-state index in [1.165, 1.54) is 32.1 Å². The van der Waals surface area contributed by atoms with Crippen LogP contribution in [0, 0.1) is 0 Å². The summed E-state index contributed by atoms with van der Waals surface area (Å²) in [7, 11) is 0. The summed E-state index contributed by atoms with van der Waals surface area (Å²) in [6.45, 7) is 7.45. The van der Waals surface area contributed by atoms with Gasteiger partial charge in [0.1, 0.15) is 11.6 Å². The molecule has 0 saturated heterocycles. The van der Waals surface area contributed by atoms with E-state index in [1.54, 1.807) is 20.8 Å². The average Bonchev–Trinajstić information content (AvgIpc) is 2.38. The molecule has 0 bridgehead atoms. The number of unbranched alkanes of at least 4 members (excludes halogenated alkanes) is 7. The molecule has 0 aromatic carbocycles. The van der Waals surface area contributed by atoms with Crippen LogP contribution in [-0.4, -0.2) is 28.8 Å². The zero-order chi connectivity index (χ0) is 17.0. The smallest absolute Gasteiger partial charge is 0.408 e. The molecule has 0 rings (SSSR count). The van der Waals surface area contributed by atoms with Crippen LogP contribution in [0.25, 0.3) is 0 Å². The van der Waals surface area contributed by atoms with Gasteiger partial charge in [0.15, 0.2) is 0 Å². The monoisotopic (exact) mass is 315 g/mol. The Bertz CT molecular complexity index is 323. The van der Waals surface area contributed by atoms with E-state index in [2.05, 4.69) is 12.2 Å². The van der Waals surface area contributed by atoms with Crippen molar-refractivity contribution in [1.29, 1.82) is 0 Å². The Morgan fingerprint density at radius 1 is 1.00 bits per heavy atom. The molecule has 0 aliphatic rings. The first-order valence-corrected chi connectivity index (χ1v) is 8.48. The van der Waals surface area contributed by atoms with Gasteiger partial charge in [-0.15, -0.1) is 0 Å². The number of hydrogen-bond acceptors (Lipinski definition) is 3. The lowest BCUT2D eigenvalue weighted by Crippen LogP contribution is -2.43. The van der Waals surface area contributed by atoms with Crippen molar-refractivity contribution in [3.05, 3.63) is 0 Å². The summed E-state index contributed by atoms with van der Waals surface area (Å²) in [4.78, 5) is 22.8. The van der Waals surface area contributed by atoms with Gasteiger partial charge in [-0.3, -0.25) is 0 Å². The fraction of sp³-hybridized carbons (Fsp3) is 0.882. The molecule has 22 heavy (non-hydrogen) atoms. The molecule has 5 nitrogen and oxygen atoms in total. The van der Waals surface area contributed by atoms with Crippen LogP contribution in [0.3, 0.4) is 0 Å². The maximum atomic E-state index is 11.6. The minimum Gasteiger partial charge on any atom is -0.480 e. The van der Waals surface area contributed by atoms with Crippen molar-refractivity contribution in [3.8, 4) is 0 Å². The van der Waals surface area contributed by atoms with Gasteiger partial charge in [0.05, 0.1) is 0 Å². The Morgan fingerprint density at radius 3 is 1.95 bits per heavy atom. The summed E-state index contributed by atoms with van der Waals surface area (Å²) in [6, 6.07) is -0.866. The number of amides is 1. The highest BCUT2D eigenvalue weighted by atomic mass is 16.6. The molecule has 0 aliphatic heterocycles. The summed E-state index contributed by atoms with van der Waals surface area (Å²) >= 11 is 0. The van der Waals surface area contributed by atoms with E-state index in [0.717, 1.165) is 19.3 Å². The second kappa shape index (κ2) is 11.3. The number of hydrogen-bond donors (Lipinski definition) is 2. The van der Waals surface area contributed by atoms with Crippen molar-refractivity contribution in [2.45, 2.75) is 97.1 Å². The SMILES string of the molecule is CCCCCCCCCC[C@H](NC(=O)OC(C)(C)C)C(=O)O. The quantitative estimate of drug-likeness (QED) is 0.551. The molecule has 0 aromatic rings. The van der Waals surface area contributed by atoms with E-state index in [0.29, 0.717) is 6.42 Å². The largest absolute Gasteiger partial charge is 0.480 e. The third-order valence-corrected chi connectivity index (χ3v) is 3.34. The molecule has 0 aromatic heterocycles. The van der Waals surface area contributed by atoms with Crippen LogP contribution in [0.15, 0.2) is 0 Å². The fourth-order valence-corrected chi connectivity index (χ4v) is 2.19. The number of carbonyl (C=O) groups is 2. The Labute approximate surface area is 134 Å². The number of ether oxygens (including phenoxy) is 1. The van der Waals surface area contributed by atoms with Crippen molar-refractivity contribution >= 4 is 12.1 Å². The molecule has 1 atom stereocenters. The van der Waals surface area contributed by atoms with Crippen molar-refractivity contribution in [1.82, 2.24) is 5.32 Å². The lowest BCUT2D eigenvalue weighted by Gasteiger charge is -2.22. The predicted octanol–water partition coefficient (Wildman–Crippen LogP) is 4.50. The van der Waals surface area contributed by atoms with Gasteiger partial charge < -0.3 is 15.2 Å². The Morgan fingerprint density at radius 2 is 1.50 bits per heavy atom. The number of rotatable bonds is 11. The number of carboxylic acid groups (broad SMARTS) is 1. The molecule has 0 unspecified atom stereocenters. The second-order valence-corrected chi connectivity index (χ2v) is 6.80. The number of alkyl carbamates (subject to hydrolysis) is 1. The van der Waals surface area contributed by atoms with Crippen LogP contribution in [-0.2, 0) is 9.53 Å². The van der Waals surface area contributed by atoms with Gasteiger partial charge in [-0.05, 0) is 27.2 Å². The van der Waals surface area contributed by atoms with Crippen LogP contribution < -0.4 is 5.32 Å². The number of carboxylic acids is 1. The zero-order valence-electron chi connectivity index (χ0n) is 14.6. The van der Waals surface area contributed by atoms with Crippen LogP contribution in [0.2, 0.25) is 0 Å². The highest BCUT2D eigenvalue weighted by Gasteiger charge is 2.23.